The third kappa shape index (κ3) is 7.89. The number of nitrogens with one attached hydrogen (secondary N) is 3. The molecule has 3 atom stereocenters. The maximum absolute atomic E-state index is 13.8. The van der Waals surface area contributed by atoms with Gasteiger partial charge in [-0.15, -0.1) is 0 Å². The van der Waals surface area contributed by atoms with Crippen LogP contribution in [0.15, 0.2) is 70.7 Å². The van der Waals surface area contributed by atoms with E-state index in [2.05, 4.69) is 20.9 Å². The molecule has 15 heteroatoms. The molecule has 246 valence electrons. The number of anilines is 1. The lowest BCUT2D eigenvalue weighted by atomic mass is 9.92. The van der Waals surface area contributed by atoms with Crippen molar-refractivity contribution >= 4 is 60.6 Å². The average molecular weight is 709 g/mol. The highest BCUT2D eigenvalue weighted by molar-refractivity contribution is 7.91. The van der Waals surface area contributed by atoms with Crippen LogP contribution < -0.4 is 16.0 Å². The number of sulfonamides is 1. The zero-order chi connectivity index (χ0) is 33.2. The number of hydrogen-bond donors (Lipinski definition) is 3. The van der Waals surface area contributed by atoms with Crippen molar-refractivity contribution in [1.82, 2.24) is 19.9 Å². The number of hydrogen-bond acceptors (Lipinski definition) is 8. The second-order valence-electron chi connectivity index (χ2n) is 11.8. The van der Waals surface area contributed by atoms with Crippen LogP contribution in [0.4, 0.5) is 5.69 Å². The second kappa shape index (κ2) is 14.0. The van der Waals surface area contributed by atoms with Crippen molar-refractivity contribution in [3.05, 3.63) is 82.1 Å². The Morgan fingerprint density at radius 1 is 0.978 bits per heavy atom. The Labute approximate surface area is 279 Å². The van der Waals surface area contributed by atoms with Crippen LogP contribution in [0.3, 0.4) is 0 Å². The highest BCUT2D eigenvalue weighted by Gasteiger charge is 2.45. The van der Waals surface area contributed by atoms with Gasteiger partial charge in [0, 0.05) is 49.0 Å². The molecule has 0 radical (unpaired) electrons. The molecule has 5 rings (SSSR count). The number of carbonyl (C=O) groups is 2. The first-order valence-electron chi connectivity index (χ1n) is 14.8. The molecule has 1 aromatic heterocycles. The molecule has 3 aromatic rings. The fraction of sp³-hybridized carbons (Fsp3) is 0.387. The Bertz CT molecular complexity index is 1820. The maximum Gasteiger partial charge on any atom is 0.258 e. The van der Waals surface area contributed by atoms with E-state index in [1.807, 2.05) is 19.1 Å². The number of halogens is 2. The molecule has 2 aliphatic rings. The lowest BCUT2D eigenvalue weighted by molar-refractivity contribution is -0.124. The third-order valence-electron chi connectivity index (χ3n) is 8.20. The van der Waals surface area contributed by atoms with Crippen LogP contribution in [0.2, 0.25) is 10.0 Å². The van der Waals surface area contributed by atoms with Crippen molar-refractivity contribution in [3.63, 3.8) is 0 Å². The lowest BCUT2D eigenvalue weighted by Gasteiger charge is -2.29. The van der Waals surface area contributed by atoms with Gasteiger partial charge in [0.25, 0.3) is 5.91 Å². The molecular weight excluding hydrogens is 673 g/mol. The minimum atomic E-state index is -4.19. The van der Waals surface area contributed by atoms with Crippen molar-refractivity contribution < 1.29 is 26.4 Å². The normalized spacial score (nSPS) is 19.7. The molecule has 0 bridgehead atoms. The van der Waals surface area contributed by atoms with E-state index in [1.165, 1.54) is 34.9 Å². The highest BCUT2D eigenvalue weighted by Crippen LogP contribution is 2.30. The molecule has 46 heavy (non-hydrogen) atoms. The van der Waals surface area contributed by atoms with Gasteiger partial charge in [0.1, 0.15) is 6.04 Å². The van der Waals surface area contributed by atoms with E-state index < -0.39 is 37.7 Å². The van der Waals surface area contributed by atoms with Gasteiger partial charge in [0.15, 0.2) is 9.84 Å². The van der Waals surface area contributed by atoms with Gasteiger partial charge in [0.05, 0.1) is 25.4 Å². The monoisotopic (exact) mass is 707 g/mol. The van der Waals surface area contributed by atoms with Crippen LogP contribution in [0.5, 0.6) is 0 Å². The molecule has 2 amide bonds. The average Bonchev–Trinajstić information content (AvgIpc) is 3.41. The van der Waals surface area contributed by atoms with E-state index in [0.29, 0.717) is 18.5 Å². The molecule has 2 aromatic carbocycles. The number of carbonyl (C=O) groups excluding carboxylic acids is 2. The van der Waals surface area contributed by atoms with Gasteiger partial charge >= 0.3 is 0 Å². The Morgan fingerprint density at radius 3 is 2.24 bits per heavy atom. The zero-order valence-corrected chi connectivity index (χ0v) is 28.4. The minimum Gasteiger partial charge on any atom is -0.352 e. The van der Waals surface area contributed by atoms with Gasteiger partial charge in [-0.1, -0.05) is 47.8 Å². The summed E-state index contributed by atoms with van der Waals surface area (Å²) < 4.78 is 53.1. The smallest absolute Gasteiger partial charge is 0.258 e. The van der Waals surface area contributed by atoms with Gasteiger partial charge in [-0.3, -0.25) is 14.6 Å². The van der Waals surface area contributed by atoms with Crippen LogP contribution in [-0.2, 0) is 31.1 Å². The zero-order valence-electron chi connectivity index (χ0n) is 25.2. The van der Waals surface area contributed by atoms with Crippen LogP contribution in [0.1, 0.15) is 48.5 Å². The minimum absolute atomic E-state index is 0.0947. The summed E-state index contributed by atoms with van der Waals surface area (Å²) in [6.45, 7) is 1.92. The summed E-state index contributed by atoms with van der Waals surface area (Å²) in [6.07, 6.45) is 7.53. The third-order valence-corrected chi connectivity index (χ3v) is 11.8. The molecule has 0 spiro atoms. The molecule has 2 fully saturated rings. The molecular formula is C31H35Cl2N5O6S2. The van der Waals surface area contributed by atoms with E-state index in [1.54, 1.807) is 12.1 Å². The van der Waals surface area contributed by atoms with Gasteiger partial charge in [-0.05, 0) is 68.5 Å². The number of benzene rings is 2. The van der Waals surface area contributed by atoms with E-state index >= 15 is 0 Å². The molecule has 2 heterocycles. The molecule has 1 aliphatic heterocycles. The number of nitrogens with zero attached hydrogens (tertiary/aromatic N) is 2. The predicted octanol–water partition coefficient (Wildman–Crippen LogP) is 4.07. The quantitative estimate of drug-likeness (QED) is 0.270. The van der Waals surface area contributed by atoms with Gasteiger partial charge in [-0.25, -0.2) is 16.8 Å². The van der Waals surface area contributed by atoms with E-state index in [0.717, 1.165) is 37.1 Å². The van der Waals surface area contributed by atoms with E-state index in [9.17, 15) is 26.4 Å². The largest absolute Gasteiger partial charge is 0.352 e. The number of amides is 2. The molecule has 1 saturated heterocycles. The van der Waals surface area contributed by atoms with Crippen LogP contribution in [-0.4, -0.2) is 74.9 Å². The Balaban J connectivity index is 1.26. The summed E-state index contributed by atoms with van der Waals surface area (Å²) in [7, 11) is -7.83. The first kappa shape index (κ1) is 34.3. The number of rotatable bonds is 11. The highest BCUT2D eigenvalue weighted by atomic mass is 35.5. The molecule has 3 N–H and O–H groups in total. The summed E-state index contributed by atoms with van der Waals surface area (Å²) in [5.41, 5.74) is 1.52. The first-order valence-corrected chi connectivity index (χ1v) is 18.9. The van der Waals surface area contributed by atoms with E-state index in [-0.39, 0.29) is 50.1 Å². The van der Waals surface area contributed by atoms with Crippen LogP contribution >= 0.6 is 23.2 Å². The predicted molar refractivity (Wildman–Crippen MR) is 176 cm³/mol. The van der Waals surface area contributed by atoms with Crippen LogP contribution in [0.25, 0.3) is 0 Å². The number of sulfone groups is 1. The Kier molecular flexibility index (Phi) is 10.4. The summed E-state index contributed by atoms with van der Waals surface area (Å²) in [5, 5.41) is 9.47. The standard InChI is InChI=1S/C31H35Cl2N5O6S2/c1-19(13-20-9-11-22(12-10-20)37-31(40)29-26(32)16-34-17-27(29)33)35-30(39)28-14-23(36-21-5-3-6-21)18-38(28)46(43,44)25-8-4-7-24(15-25)45(2,41)42/h4,7-12,15-17,19,21,23,28,36H,3,5-6,13-14,18H2,1-2H3,(H,35,39)(H,37,40)/t19-,23-,28+/m1/s1. The van der Waals surface area contributed by atoms with E-state index in [4.69, 9.17) is 23.2 Å². The fourth-order valence-corrected chi connectivity index (χ4v) is 8.60. The summed E-state index contributed by atoms with van der Waals surface area (Å²) >= 11 is 12.2. The van der Waals surface area contributed by atoms with Crippen LogP contribution in [0, 0.1) is 0 Å². The number of aromatic nitrogens is 1. The van der Waals surface area contributed by atoms with Gasteiger partial charge in [0.2, 0.25) is 15.9 Å². The molecule has 0 unspecified atom stereocenters. The summed E-state index contributed by atoms with van der Waals surface area (Å²) in [6, 6.07) is 11.0. The SMILES string of the molecule is C[C@H](Cc1ccc(NC(=O)c2c(Cl)cncc2Cl)cc1)NC(=O)[C@@H]1C[C@@H](NC2CCC2)CN1S(=O)(=O)c1cccc(S(C)(=O)=O)c1. The molecule has 11 nitrogen and oxygen atoms in total. The summed E-state index contributed by atoms with van der Waals surface area (Å²) in [4.78, 5) is 29.9. The van der Waals surface area contributed by atoms with Crippen molar-refractivity contribution in [3.8, 4) is 0 Å². The molecule has 1 aliphatic carbocycles. The topological polar surface area (TPSA) is 155 Å². The van der Waals surface area contributed by atoms with Crippen molar-refractivity contribution in [2.75, 3.05) is 18.1 Å². The Hall–Kier alpha value is -3.07. The first-order chi connectivity index (χ1) is 21.7. The second-order valence-corrected chi connectivity index (χ2v) is 16.5. The maximum atomic E-state index is 13.8. The lowest BCUT2D eigenvalue weighted by Crippen LogP contribution is -2.48. The van der Waals surface area contributed by atoms with Crippen molar-refractivity contribution in [1.29, 1.82) is 0 Å². The van der Waals surface area contributed by atoms with Gasteiger partial charge < -0.3 is 16.0 Å². The number of pyridine rings is 1. The summed E-state index contributed by atoms with van der Waals surface area (Å²) in [5.74, 6) is -0.904. The molecule has 1 saturated carbocycles. The Morgan fingerprint density at radius 2 is 1.63 bits per heavy atom. The fourth-order valence-electron chi connectivity index (χ4n) is 5.63. The van der Waals surface area contributed by atoms with Crippen molar-refractivity contribution in [2.45, 2.75) is 73.0 Å². The van der Waals surface area contributed by atoms with Gasteiger partial charge in [-0.2, -0.15) is 4.31 Å². The van der Waals surface area contributed by atoms with Crippen molar-refractivity contribution in [2.24, 2.45) is 0 Å².